The normalized spacial score (nSPS) is 12.2. The lowest BCUT2D eigenvalue weighted by Gasteiger charge is -2.14. The molecule has 0 aliphatic carbocycles. The Labute approximate surface area is 196 Å². The Bertz CT molecular complexity index is 1310. The Morgan fingerprint density at radius 3 is 2.15 bits per heavy atom. The minimum atomic E-state index is -1.27. The van der Waals surface area contributed by atoms with Crippen LogP contribution < -0.4 is 5.56 Å². The molecule has 0 spiro atoms. The zero-order valence-electron chi connectivity index (χ0n) is 18.8. The number of aromatic nitrogens is 2. The van der Waals surface area contributed by atoms with Crippen LogP contribution in [0.15, 0.2) is 94.6 Å². The van der Waals surface area contributed by atoms with E-state index in [1.807, 2.05) is 84.9 Å². The van der Waals surface area contributed by atoms with E-state index in [0.29, 0.717) is 22.2 Å². The molecule has 5 nitrogen and oxygen atoms in total. The minimum absolute atomic E-state index is 0.120. The maximum Gasteiger partial charge on any atom is 0.278 e. The lowest BCUT2D eigenvalue weighted by molar-refractivity contribution is 0.421. The van der Waals surface area contributed by atoms with Crippen LogP contribution >= 0.6 is 0 Å². The van der Waals surface area contributed by atoms with Crippen LogP contribution in [0.1, 0.15) is 25.0 Å². The Balaban J connectivity index is 1.78. The number of rotatable bonds is 8. The van der Waals surface area contributed by atoms with E-state index >= 15 is 0 Å². The molecule has 0 saturated heterocycles. The standard InChI is InChI=1S/C27H28N2O3S/c1-20(2)18-21-10-9-13-23(19-21)29-27(31)25(16-17-33(32)24-14-7-4-8-15-24)26(30)28(29)22-11-5-3-6-12-22/h3-15,19-20,30H,16-18H2,1-2H3. The van der Waals surface area contributed by atoms with Crippen molar-refractivity contribution in [3.63, 3.8) is 0 Å². The SMILES string of the molecule is CC(C)Cc1cccc(-n2c(=O)c(CCS(=O)c3ccccc3)c(O)n2-c2ccccc2)c1. The summed E-state index contributed by atoms with van der Waals surface area (Å²) in [5, 5.41) is 11.1. The van der Waals surface area contributed by atoms with Crippen LogP contribution in [0, 0.1) is 5.92 Å². The van der Waals surface area contributed by atoms with Gasteiger partial charge in [-0.2, -0.15) is 0 Å². The topological polar surface area (TPSA) is 64.2 Å². The zero-order valence-corrected chi connectivity index (χ0v) is 19.7. The van der Waals surface area contributed by atoms with E-state index in [4.69, 9.17) is 0 Å². The first-order valence-corrected chi connectivity index (χ1v) is 12.4. The molecule has 33 heavy (non-hydrogen) atoms. The number of hydrogen-bond donors (Lipinski definition) is 1. The molecule has 0 aliphatic rings. The average molecular weight is 461 g/mol. The third kappa shape index (κ3) is 5.01. The summed E-state index contributed by atoms with van der Waals surface area (Å²) < 4.78 is 15.8. The third-order valence-electron chi connectivity index (χ3n) is 5.46. The number of nitrogens with zero attached hydrogens (tertiary/aromatic N) is 2. The summed E-state index contributed by atoms with van der Waals surface area (Å²) in [6.07, 6.45) is 1.10. The molecule has 1 aromatic heterocycles. The van der Waals surface area contributed by atoms with Gasteiger partial charge >= 0.3 is 0 Å². The molecule has 0 amide bonds. The summed E-state index contributed by atoms with van der Waals surface area (Å²) in [5.74, 6) is 0.610. The average Bonchev–Trinajstić information content (AvgIpc) is 3.07. The second kappa shape index (κ2) is 10.0. The molecule has 0 bridgehead atoms. The van der Waals surface area contributed by atoms with Crippen LogP contribution in [0.5, 0.6) is 5.88 Å². The molecule has 1 unspecified atom stereocenters. The maximum atomic E-state index is 13.6. The second-order valence-electron chi connectivity index (χ2n) is 8.45. The monoisotopic (exact) mass is 460 g/mol. The molecule has 4 rings (SSSR count). The molecular formula is C27H28N2O3S. The van der Waals surface area contributed by atoms with Gasteiger partial charge < -0.3 is 5.11 Å². The molecule has 0 aliphatic heterocycles. The molecule has 1 atom stereocenters. The Hall–Kier alpha value is -3.38. The largest absolute Gasteiger partial charge is 0.493 e. The first-order valence-electron chi connectivity index (χ1n) is 11.1. The first-order chi connectivity index (χ1) is 16.0. The molecule has 0 saturated carbocycles. The number of aromatic hydroxyl groups is 1. The van der Waals surface area contributed by atoms with E-state index in [-0.39, 0.29) is 29.2 Å². The van der Waals surface area contributed by atoms with E-state index in [9.17, 15) is 14.1 Å². The molecule has 1 N–H and O–H groups in total. The predicted molar refractivity (Wildman–Crippen MR) is 133 cm³/mol. The lowest BCUT2D eigenvalue weighted by Crippen LogP contribution is -2.22. The lowest BCUT2D eigenvalue weighted by atomic mass is 10.0. The van der Waals surface area contributed by atoms with Crippen molar-refractivity contribution in [3.8, 4) is 17.3 Å². The number of benzene rings is 3. The quantitative estimate of drug-likeness (QED) is 0.407. The van der Waals surface area contributed by atoms with Crippen molar-refractivity contribution in [2.45, 2.75) is 31.6 Å². The van der Waals surface area contributed by atoms with E-state index in [1.165, 1.54) is 9.36 Å². The molecule has 0 fully saturated rings. The van der Waals surface area contributed by atoms with E-state index < -0.39 is 10.8 Å². The van der Waals surface area contributed by atoms with Crippen molar-refractivity contribution in [1.82, 2.24) is 9.36 Å². The van der Waals surface area contributed by atoms with E-state index in [2.05, 4.69) is 13.8 Å². The summed E-state index contributed by atoms with van der Waals surface area (Å²) in [6, 6.07) is 26.3. The number of hydrogen-bond acceptors (Lipinski definition) is 3. The van der Waals surface area contributed by atoms with E-state index in [0.717, 1.165) is 12.0 Å². The van der Waals surface area contributed by atoms with Crippen LogP contribution in [0.4, 0.5) is 0 Å². The predicted octanol–water partition coefficient (Wildman–Crippen LogP) is 4.88. The Kier molecular flexibility index (Phi) is 6.94. The van der Waals surface area contributed by atoms with Gasteiger partial charge in [-0.15, -0.1) is 0 Å². The second-order valence-corrected chi connectivity index (χ2v) is 10.0. The summed E-state index contributed by atoms with van der Waals surface area (Å²) in [5.41, 5.74) is 2.45. The summed E-state index contributed by atoms with van der Waals surface area (Å²) in [6.45, 7) is 4.31. The molecular weight excluding hydrogens is 432 g/mol. The highest BCUT2D eigenvalue weighted by Crippen LogP contribution is 2.25. The van der Waals surface area contributed by atoms with Crippen LogP contribution in [0.3, 0.4) is 0 Å². The van der Waals surface area contributed by atoms with Crippen molar-refractivity contribution < 1.29 is 9.32 Å². The van der Waals surface area contributed by atoms with Gasteiger partial charge in [0.1, 0.15) is 0 Å². The third-order valence-corrected chi connectivity index (χ3v) is 6.84. The van der Waals surface area contributed by atoms with Crippen molar-refractivity contribution in [2.75, 3.05) is 5.75 Å². The Morgan fingerprint density at radius 2 is 1.48 bits per heavy atom. The van der Waals surface area contributed by atoms with Crippen LogP contribution in [-0.2, 0) is 23.6 Å². The number of para-hydroxylation sites is 1. The highest BCUT2D eigenvalue weighted by Gasteiger charge is 2.22. The molecule has 1 heterocycles. The van der Waals surface area contributed by atoms with Gasteiger partial charge in [0, 0.05) is 10.6 Å². The summed E-state index contributed by atoms with van der Waals surface area (Å²) in [7, 11) is -1.27. The molecule has 4 aromatic rings. The summed E-state index contributed by atoms with van der Waals surface area (Å²) in [4.78, 5) is 14.3. The highest BCUT2D eigenvalue weighted by molar-refractivity contribution is 7.85. The van der Waals surface area contributed by atoms with Gasteiger partial charge in [-0.25, -0.2) is 9.36 Å². The van der Waals surface area contributed by atoms with Crippen molar-refractivity contribution in [2.24, 2.45) is 5.92 Å². The van der Waals surface area contributed by atoms with Crippen LogP contribution in [-0.4, -0.2) is 24.4 Å². The first kappa shape index (κ1) is 22.8. The van der Waals surface area contributed by atoms with Crippen LogP contribution in [0.2, 0.25) is 0 Å². The van der Waals surface area contributed by atoms with Crippen LogP contribution in [0.25, 0.3) is 11.4 Å². The molecule has 170 valence electrons. The fourth-order valence-corrected chi connectivity index (χ4v) is 5.05. The van der Waals surface area contributed by atoms with Gasteiger partial charge in [0.25, 0.3) is 5.56 Å². The molecule has 3 aromatic carbocycles. The van der Waals surface area contributed by atoms with Crippen molar-refractivity contribution in [3.05, 3.63) is 106 Å². The summed E-state index contributed by atoms with van der Waals surface area (Å²) >= 11 is 0. The fraction of sp³-hybridized carbons (Fsp3) is 0.222. The zero-order chi connectivity index (χ0) is 23.4. The van der Waals surface area contributed by atoms with Gasteiger partial charge in [0.2, 0.25) is 5.88 Å². The van der Waals surface area contributed by atoms with Gasteiger partial charge in [-0.05, 0) is 60.7 Å². The smallest absolute Gasteiger partial charge is 0.278 e. The van der Waals surface area contributed by atoms with Gasteiger partial charge in [-0.3, -0.25) is 9.00 Å². The highest BCUT2D eigenvalue weighted by atomic mass is 32.2. The van der Waals surface area contributed by atoms with Crippen molar-refractivity contribution >= 4 is 10.8 Å². The molecule has 6 heteroatoms. The van der Waals surface area contributed by atoms with E-state index in [1.54, 1.807) is 0 Å². The van der Waals surface area contributed by atoms with Gasteiger partial charge in [-0.1, -0.05) is 62.4 Å². The molecule has 0 radical (unpaired) electrons. The van der Waals surface area contributed by atoms with Crippen molar-refractivity contribution in [1.29, 1.82) is 0 Å². The van der Waals surface area contributed by atoms with Gasteiger partial charge in [0.05, 0.1) is 27.7 Å². The maximum absolute atomic E-state index is 13.6. The van der Waals surface area contributed by atoms with Gasteiger partial charge in [0.15, 0.2) is 0 Å². The minimum Gasteiger partial charge on any atom is -0.493 e. The fourth-order valence-electron chi connectivity index (χ4n) is 3.97. The Morgan fingerprint density at radius 1 is 0.848 bits per heavy atom.